The predicted octanol–water partition coefficient (Wildman–Crippen LogP) is 2.48. The molecule has 0 spiro atoms. The fraction of sp³-hybridized carbons (Fsp3) is 0.417. The monoisotopic (exact) mass is 206 g/mol. The average molecular weight is 206 g/mol. The summed E-state index contributed by atoms with van der Waals surface area (Å²) in [6, 6.07) is 9.88. The summed E-state index contributed by atoms with van der Waals surface area (Å²) < 4.78 is 0.212. The summed E-state index contributed by atoms with van der Waals surface area (Å²) in [5.74, 6) is 0. The van der Waals surface area contributed by atoms with Crippen LogP contribution in [0, 0.1) is 0 Å². The zero-order valence-electron chi connectivity index (χ0n) is 8.72. The predicted molar refractivity (Wildman–Crippen MR) is 57.4 cm³/mol. The fourth-order valence-electron chi connectivity index (χ4n) is 2.29. The van der Waals surface area contributed by atoms with Gasteiger partial charge in [-0.15, -0.1) is 0 Å². The van der Waals surface area contributed by atoms with Gasteiger partial charge in [0.1, 0.15) is 6.54 Å². The van der Waals surface area contributed by atoms with Gasteiger partial charge < -0.3 is 5.11 Å². The minimum atomic E-state index is -0.684. The third-order valence-electron chi connectivity index (χ3n) is 3.16. The van der Waals surface area contributed by atoms with E-state index in [2.05, 4.69) is 0 Å². The summed E-state index contributed by atoms with van der Waals surface area (Å²) >= 11 is 0. The molecular formula is C12H16NO2+. The van der Waals surface area contributed by atoms with E-state index in [4.69, 9.17) is 0 Å². The molecule has 0 saturated carbocycles. The molecule has 0 aliphatic carbocycles. The highest BCUT2D eigenvalue weighted by molar-refractivity contribution is 5.57. The first-order chi connectivity index (χ1) is 7.23. The zero-order valence-corrected chi connectivity index (χ0v) is 8.72. The van der Waals surface area contributed by atoms with Gasteiger partial charge in [0.15, 0.2) is 0 Å². The van der Waals surface area contributed by atoms with Gasteiger partial charge in [-0.3, -0.25) is 0 Å². The van der Waals surface area contributed by atoms with Crippen LogP contribution in [-0.2, 0) is 6.54 Å². The lowest BCUT2D eigenvalue weighted by Gasteiger charge is -2.27. The van der Waals surface area contributed by atoms with Crippen molar-refractivity contribution in [3.63, 3.8) is 0 Å². The molecule has 1 aromatic rings. The molecule has 1 aliphatic rings. The molecule has 15 heavy (non-hydrogen) atoms. The molecule has 3 nitrogen and oxygen atoms in total. The maximum Gasteiger partial charge on any atom is 0.513 e. The van der Waals surface area contributed by atoms with Gasteiger partial charge in [0.25, 0.3) is 0 Å². The molecule has 0 bridgehead atoms. The Morgan fingerprint density at radius 1 is 1.20 bits per heavy atom. The van der Waals surface area contributed by atoms with E-state index in [1.807, 2.05) is 30.3 Å². The smallest absolute Gasteiger partial charge is 0.435 e. The molecular weight excluding hydrogens is 190 g/mol. The van der Waals surface area contributed by atoms with Crippen LogP contribution in [0.3, 0.4) is 0 Å². The van der Waals surface area contributed by atoms with E-state index in [1.165, 1.54) is 0 Å². The molecule has 0 unspecified atom stereocenters. The minimum absolute atomic E-state index is 0.212. The van der Waals surface area contributed by atoms with Crippen molar-refractivity contribution in [2.24, 2.45) is 0 Å². The highest BCUT2D eigenvalue weighted by Crippen LogP contribution is 2.23. The number of benzene rings is 1. The number of carbonyl (C=O) groups is 1. The minimum Gasteiger partial charge on any atom is -0.435 e. The first kappa shape index (κ1) is 10.2. The molecule has 1 amide bonds. The normalized spacial score (nSPS) is 18.9. The maximum absolute atomic E-state index is 11.3. The van der Waals surface area contributed by atoms with E-state index in [0.29, 0.717) is 6.54 Å². The quantitative estimate of drug-likeness (QED) is 0.755. The fourth-order valence-corrected chi connectivity index (χ4v) is 2.29. The molecule has 2 rings (SSSR count). The van der Waals surface area contributed by atoms with Crippen molar-refractivity contribution < 1.29 is 14.4 Å². The summed E-state index contributed by atoms with van der Waals surface area (Å²) in [6.45, 7) is 2.16. The summed E-state index contributed by atoms with van der Waals surface area (Å²) in [4.78, 5) is 11.3. The van der Waals surface area contributed by atoms with Crippen LogP contribution in [0.25, 0.3) is 0 Å². The van der Waals surface area contributed by atoms with Crippen LogP contribution in [0.1, 0.15) is 18.4 Å². The van der Waals surface area contributed by atoms with Crippen LogP contribution in [0.4, 0.5) is 4.79 Å². The van der Waals surface area contributed by atoms with Crippen molar-refractivity contribution in [3.8, 4) is 0 Å². The van der Waals surface area contributed by atoms with E-state index in [0.717, 1.165) is 31.5 Å². The van der Waals surface area contributed by atoms with E-state index in [9.17, 15) is 9.90 Å². The Kier molecular flexibility index (Phi) is 2.73. The van der Waals surface area contributed by atoms with Crippen molar-refractivity contribution in [1.29, 1.82) is 0 Å². The number of hydrogen-bond acceptors (Lipinski definition) is 1. The lowest BCUT2D eigenvalue weighted by Crippen LogP contribution is -2.48. The summed E-state index contributed by atoms with van der Waals surface area (Å²) in [5.41, 5.74) is 1.11. The molecule has 0 atom stereocenters. The zero-order chi connectivity index (χ0) is 10.7. The van der Waals surface area contributed by atoms with E-state index in [-0.39, 0.29) is 4.48 Å². The third-order valence-corrected chi connectivity index (χ3v) is 3.16. The molecule has 1 aliphatic heterocycles. The topological polar surface area (TPSA) is 37.3 Å². The van der Waals surface area contributed by atoms with Gasteiger partial charge in [0, 0.05) is 18.4 Å². The first-order valence-electron chi connectivity index (χ1n) is 5.36. The van der Waals surface area contributed by atoms with Crippen LogP contribution in [0.15, 0.2) is 30.3 Å². The van der Waals surface area contributed by atoms with E-state index < -0.39 is 6.09 Å². The molecule has 1 fully saturated rings. The highest BCUT2D eigenvalue weighted by atomic mass is 16.4. The van der Waals surface area contributed by atoms with E-state index >= 15 is 0 Å². The van der Waals surface area contributed by atoms with Crippen LogP contribution in [0.2, 0.25) is 0 Å². The van der Waals surface area contributed by atoms with Crippen molar-refractivity contribution in [2.75, 3.05) is 13.1 Å². The second kappa shape index (κ2) is 4.03. The second-order valence-electron chi connectivity index (χ2n) is 4.23. The van der Waals surface area contributed by atoms with Crippen LogP contribution in [0.5, 0.6) is 0 Å². The standard InChI is InChI=1S/C12H15NO2/c14-12(15)13(8-4-5-9-13)10-11-6-2-1-3-7-11/h1-3,6-7H,4-5,8-10H2/p+1. The molecule has 80 valence electrons. The molecule has 1 heterocycles. The average Bonchev–Trinajstić information content (AvgIpc) is 2.69. The van der Waals surface area contributed by atoms with Crippen molar-refractivity contribution in [2.45, 2.75) is 19.4 Å². The highest BCUT2D eigenvalue weighted by Gasteiger charge is 2.40. The van der Waals surface area contributed by atoms with Gasteiger partial charge in [0.05, 0.1) is 13.1 Å². The van der Waals surface area contributed by atoms with Crippen molar-refractivity contribution in [1.82, 2.24) is 0 Å². The van der Waals surface area contributed by atoms with Gasteiger partial charge in [-0.1, -0.05) is 30.3 Å². The number of likely N-dealkylation sites (tertiary alicyclic amines) is 1. The Hall–Kier alpha value is -1.35. The van der Waals surface area contributed by atoms with Gasteiger partial charge in [-0.05, 0) is 0 Å². The number of rotatable bonds is 2. The van der Waals surface area contributed by atoms with Crippen LogP contribution < -0.4 is 0 Å². The number of hydrogen-bond donors (Lipinski definition) is 1. The molecule has 0 aromatic heterocycles. The van der Waals surface area contributed by atoms with Crippen molar-refractivity contribution >= 4 is 6.09 Å². The largest absolute Gasteiger partial charge is 0.513 e. The van der Waals surface area contributed by atoms with Gasteiger partial charge >= 0.3 is 6.09 Å². The number of quaternary nitrogens is 1. The molecule has 0 radical (unpaired) electrons. The Morgan fingerprint density at radius 2 is 1.80 bits per heavy atom. The summed E-state index contributed by atoms with van der Waals surface area (Å²) in [6.07, 6.45) is 1.37. The first-order valence-corrected chi connectivity index (χ1v) is 5.36. The molecule has 3 heteroatoms. The molecule has 1 saturated heterocycles. The van der Waals surface area contributed by atoms with Gasteiger partial charge in [-0.2, -0.15) is 4.79 Å². The molecule has 1 N–H and O–H groups in total. The maximum atomic E-state index is 11.3. The number of amides is 1. The lowest BCUT2D eigenvalue weighted by molar-refractivity contribution is -0.858. The SMILES string of the molecule is O=C(O)[N+]1(Cc2ccccc2)CCCC1. The Morgan fingerprint density at radius 3 is 2.33 bits per heavy atom. The molecule has 1 aromatic carbocycles. The van der Waals surface area contributed by atoms with E-state index in [1.54, 1.807) is 0 Å². The Labute approximate surface area is 89.5 Å². The van der Waals surface area contributed by atoms with Crippen LogP contribution >= 0.6 is 0 Å². The summed E-state index contributed by atoms with van der Waals surface area (Å²) in [7, 11) is 0. The summed E-state index contributed by atoms with van der Waals surface area (Å²) in [5, 5.41) is 9.30. The second-order valence-corrected chi connectivity index (χ2v) is 4.23. The number of nitrogens with zero attached hydrogens (tertiary/aromatic N) is 1. The third kappa shape index (κ3) is 2.02. The number of carboxylic acid groups (broad SMARTS) is 1. The lowest BCUT2D eigenvalue weighted by atomic mass is 10.2. The van der Waals surface area contributed by atoms with Gasteiger partial charge in [-0.25, -0.2) is 4.48 Å². The van der Waals surface area contributed by atoms with Crippen molar-refractivity contribution in [3.05, 3.63) is 35.9 Å². The van der Waals surface area contributed by atoms with Gasteiger partial charge in [0.2, 0.25) is 0 Å². The van der Waals surface area contributed by atoms with Crippen LogP contribution in [-0.4, -0.2) is 28.8 Å². The Balaban J connectivity index is 2.18. The Bertz CT molecular complexity index is 342.